The van der Waals surface area contributed by atoms with Gasteiger partial charge in [0.1, 0.15) is 5.75 Å². The van der Waals surface area contributed by atoms with Crippen LogP contribution in [0.2, 0.25) is 0 Å². The van der Waals surface area contributed by atoms with E-state index in [9.17, 15) is 22.0 Å². The van der Waals surface area contributed by atoms with Crippen LogP contribution in [0.15, 0.2) is 18.2 Å². The molecule has 3 nitrogen and oxygen atoms in total. The molecule has 0 aromatic heterocycles. The number of carbonyl (C=O) groups excluding carboxylic acids is 1. The lowest BCUT2D eigenvalue weighted by Gasteiger charge is -2.03. The van der Waals surface area contributed by atoms with Gasteiger partial charge in [-0.1, -0.05) is 6.92 Å². The Bertz CT molecular complexity index is 524. The standard InChI is InChI=1S/C11H12F2O3S/c1-2-5-17(15,16)7-11(14)8-3-4-9(12)10(13)6-8/h3-4,6H,2,5,7H2,1H3. The van der Waals surface area contributed by atoms with Gasteiger partial charge in [-0.15, -0.1) is 0 Å². The maximum Gasteiger partial charge on any atom is 0.177 e. The van der Waals surface area contributed by atoms with Crippen molar-refractivity contribution in [3.05, 3.63) is 35.4 Å². The van der Waals surface area contributed by atoms with Crippen molar-refractivity contribution in [2.24, 2.45) is 0 Å². The minimum Gasteiger partial charge on any atom is -0.293 e. The highest BCUT2D eigenvalue weighted by Crippen LogP contribution is 2.10. The van der Waals surface area contributed by atoms with Crippen molar-refractivity contribution in [2.45, 2.75) is 13.3 Å². The van der Waals surface area contributed by atoms with E-state index in [-0.39, 0.29) is 11.3 Å². The van der Waals surface area contributed by atoms with E-state index in [1.165, 1.54) is 0 Å². The predicted molar refractivity (Wildman–Crippen MR) is 59.6 cm³/mol. The quantitative estimate of drug-likeness (QED) is 0.762. The van der Waals surface area contributed by atoms with Crippen LogP contribution in [0.5, 0.6) is 0 Å². The summed E-state index contributed by atoms with van der Waals surface area (Å²) in [6, 6.07) is 2.58. The summed E-state index contributed by atoms with van der Waals surface area (Å²) in [5, 5.41) is 0. The summed E-state index contributed by atoms with van der Waals surface area (Å²) < 4.78 is 48.2. The molecule has 6 heteroatoms. The summed E-state index contributed by atoms with van der Waals surface area (Å²) in [7, 11) is -3.47. The molecule has 94 valence electrons. The van der Waals surface area contributed by atoms with Crippen molar-refractivity contribution in [3.63, 3.8) is 0 Å². The van der Waals surface area contributed by atoms with Gasteiger partial charge >= 0.3 is 0 Å². The second-order valence-electron chi connectivity index (χ2n) is 3.64. The first-order valence-corrected chi connectivity index (χ1v) is 6.86. The summed E-state index contributed by atoms with van der Waals surface area (Å²) in [5.74, 6) is -3.73. The second-order valence-corrected chi connectivity index (χ2v) is 5.83. The Balaban J connectivity index is 2.87. The van der Waals surface area contributed by atoms with Gasteiger partial charge in [0, 0.05) is 5.56 Å². The monoisotopic (exact) mass is 262 g/mol. The van der Waals surface area contributed by atoms with Gasteiger partial charge in [-0.2, -0.15) is 0 Å². The van der Waals surface area contributed by atoms with Crippen molar-refractivity contribution in [3.8, 4) is 0 Å². The summed E-state index contributed by atoms with van der Waals surface area (Å²) >= 11 is 0. The predicted octanol–water partition coefficient (Wildman–Crippen LogP) is 1.97. The van der Waals surface area contributed by atoms with E-state index in [2.05, 4.69) is 0 Å². The van der Waals surface area contributed by atoms with E-state index >= 15 is 0 Å². The van der Waals surface area contributed by atoms with E-state index in [1.54, 1.807) is 6.92 Å². The number of carbonyl (C=O) groups is 1. The molecule has 17 heavy (non-hydrogen) atoms. The molecule has 0 bridgehead atoms. The average Bonchev–Trinajstić information content (AvgIpc) is 2.21. The minimum atomic E-state index is -3.47. The first-order chi connectivity index (χ1) is 7.85. The van der Waals surface area contributed by atoms with Gasteiger partial charge in [-0.05, 0) is 24.6 Å². The van der Waals surface area contributed by atoms with E-state index in [4.69, 9.17) is 0 Å². The Morgan fingerprint density at radius 3 is 2.41 bits per heavy atom. The van der Waals surface area contributed by atoms with Crippen LogP contribution >= 0.6 is 0 Å². The molecule has 0 saturated carbocycles. The lowest BCUT2D eigenvalue weighted by atomic mass is 10.1. The lowest BCUT2D eigenvalue weighted by Crippen LogP contribution is -2.19. The SMILES string of the molecule is CCCS(=O)(=O)CC(=O)c1ccc(F)c(F)c1. The summed E-state index contributed by atoms with van der Waals surface area (Å²) in [6.07, 6.45) is 0.410. The Labute approximate surface area is 98.4 Å². The fourth-order valence-electron chi connectivity index (χ4n) is 1.34. The van der Waals surface area contributed by atoms with Gasteiger partial charge in [0.25, 0.3) is 0 Å². The van der Waals surface area contributed by atoms with Gasteiger partial charge in [0.2, 0.25) is 0 Å². The van der Waals surface area contributed by atoms with Crippen LogP contribution in [-0.2, 0) is 9.84 Å². The summed E-state index contributed by atoms with van der Waals surface area (Å²) in [4.78, 5) is 11.5. The minimum absolute atomic E-state index is 0.0948. The zero-order valence-electron chi connectivity index (χ0n) is 9.24. The third-order valence-electron chi connectivity index (χ3n) is 2.11. The normalized spacial score (nSPS) is 11.5. The zero-order valence-corrected chi connectivity index (χ0v) is 10.1. The number of rotatable bonds is 5. The largest absolute Gasteiger partial charge is 0.293 e. The maximum absolute atomic E-state index is 12.8. The molecule has 0 N–H and O–H groups in total. The topological polar surface area (TPSA) is 51.2 Å². The Kier molecular flexibility index (Phi) is 4.34. The Morgan fingerprint density at radius 1 is 1.24 bits per heavy atom. The average molecular weight is 262 g/mol. The van der Waals surface area contributed by atoms with Gasteiger partial charge in [0.15, 0.2) is 27.3 Å². The molecule has 0 aliphatic rings. The highest BCUT2D eigenvalue weighted by molar-refractivity contribution is 7.92. The van der Waals surface area contributed by atoms with E-state index in [0.717, 1.165) is 12.1 Å². The van der Waals surface area contributed by atoms with Crippen LogP contribution in [0, 0.1) is 11.6 Å². The fraction of sp³-hybridized carbons (Fsp3) is 0.364. The molecule has 0 atom stereocenters. The third kappa shape index (κ3) is 3.89. The van der Waals surface area contributed by atoms with Crippen molar-refractivity contribution < 1.29 is 22.0 Å². The third-order valence-corrected chi connectivity index (χ3v) is 3.84. The second kappa shape index (κ2) is 5.35. The number of hydrogen-bond acceptors (Lipinski definition) is 3. The number of benzene rings is 1. The molecular formula is C11H12F2O3S. The van der Waals surface area contributed by atoms with Gasteiger partial charge in [-0.25, -0.2) is 17.2 Å². The number of sulfone groups is 1. The van der Waals surface area contributed by atoms with Crippen LogP contribution in [0.25, 0.3) is 0 Å². The molecule has 0 unspecified atom stereocenters. The molecule has 0 radical (unpaired) electrons. The zero-order chi connectivity index (χ0) is 13.1. The van der Waals surface area contributed by atoms with Crippen LogP contribution in [-0.4, -0.2) is 25.7 Å². The van der Waals surface area contributed by atoms with Crippen LogP contribution in [0.3, 0.4) is 0 Å². The van der Waals surface area contributed by atoms with Crippen LogP contribution in [0.1, 0.15) is 23.7 Å². The number of Topliss-reactive ketones (excluding diaryl/α,β-unsaturated/α-hetero) is 1. The van der Waals surface area contributed by atoms with Crippen molar-refractivity contribution in [2.75, 3.05) is 11.5 Å². The number of halogens is 2. The van der Waals surface area contributed by atoms with Gasteiger partial charge in [-0.3, -0.25) is 4.79 Å². The molecule has 0 spiro atoms. The van der Waals surface area contributed by atoms with Gasteiger partial charge in [0.05, 0.1) is 5.75 Å². The van der Waals surface area contributed by atoms with E-state index in [1.807, 2.05) is 0 Å². The molecule has 0 aliphatic carbocycles. The van der Waals surface area contributed by atoms with Crippen LogP contribution in [0.4, 0.5) is 8.78 Å². The summed E-state index contributed by atoms with van der Waals surface area (Å²) in [5.41, 5.74) is -0.136. The molecule has 0 heterocycles. The van der Waals surface area contributed by atoms with Gasteiger partial charge < -0.3 is 0 Å². The lowest BCUT2D eigenvalue weighted by molar-refractivity contribution is 0.102. The van der Waals surface area contributed by atoms with Crippen molar-refractivity contribution in [1.29, 1.82) is 0 Å². The number of hydrogen-bond donors (Lipinski definition) is 0. The first-order valence-electron chi connectivity index (χ1n) is 5.04. The van der Waals surface area contributed by atoms with E-state index < -0.39 is 33.0 Å². The molecule has 1 aromatic carbocycles. The maximum atomic E-state index is 12.8. The van der Waals surface area contributed by atoms with E-state index in [0.29, 0.717) is 12.5 Å². The molecule has 0 saturated heterocycles. The molecule has 1 aromatic rings. The molecule has 0 aliphatic heterocycles. The molecule has 0 fully saturated rings. The smallest absolute Gasteiger partial charge is 0.177 e. The van der Waals surface area contributed by atoms with Crippen LogP contribution < -0.4 is 0 Å². The fourth-order valence-corrected chi connectivity index (χ4v) is 2.67. The highest BCUT2D eigenvalue weighted by Gasteiger charge is 2.18. The van der Waals surface area contributed by atoms with Crippen molar-refractivity contribution in [1.82, 2.24) is 0 Å². The molecule has 0 amide bonds. The van der Waals surface area contributed by atoms with Crippen molar-refractivity contribution >= 4 is 15.6 Å². The Morgan fingerprint density at radius 2 is 1.88 bits per heavy atom. The number of ketones is 1. The molecular weight excluding hydrogens is 250 g/mol. The summed E-state index contributed by atoms with van der Waals surface area (Å²) in [6.45, 7) is 1.68. The molecule has 1 rings (SSSR count). The first kappa shape index (κ1) is 13.8. The highest BCUT2D eigenvalue weighted by atomic mass is 32.2. The Hall–Kier alpha value is -1.30.